The SMILES string of the molecule is CC12CC3(C)CC(c4ccccc4C(=O)O)(C1)CC(C14CC5(C)CC(C)(CC(c6ccccc6C(=O)O)(C5)C1)C4)(C2)C3. The summed E-state index contributed by atoms with van der Waals surface area (Å²) < 4.78 is 0. The van der Waals surface area contributed by atoms with Crippen LogP contribution >= 0.6 is 0 Å². The minimum atomic E-state index is -0.801. The summed E-state index contributed by atoms with van der Waals surface area (Å²) in [6.07, 6.45) is 13.9. The average Bonchev–Trinajstić information content (AvgIpc) is 2.84. The van der Waals surface area contributed by atoms with Gasteiger partial charge in [-0.3, -0.25) is 0 Å². The minimum Gasteiger partial charge on any atom is -0.478 e. The van der Waals surface area contributed by atoms with Crippen LogP contribution in [-0.4, -0.2) is 22.2 Å². The standard InChI is InChI=1S/C38H46O4/c1-31-13-32(2)16-35(15-31,27-11-7-5-9-25(27)29(39)40)23-37(19-31,20-32)38-21-33(3)14-34(4,22-38)18-36(17-33,24-38)28-12-8-6-10-26(28)30(41)42/h5-12H,13-24H2,1-4H3,(H,39,40)(H,41,42). The lowest BCUT2D eigenvalue weighted by molar-refractivity contribution is -0.275. The Balaban J connectivity index is 1.34. The number of carboxylic acid groups (broad SMARTS) is 2. The van der Waals surface area contributed by atoms with Gasteiger partial charge >= 0.3 is 11.9 Å². The van der Waals surface area contributed by atoms with Crippen molar-refractivity contribution < 1.29 is 19.8 Å². The van der Waals surface area contributed by atoms with Crippen LogP contribution in [-0.2, 0) is 10.8 Å². The third-order valence-electron chi connectivity index (χ3n) is 13.8. The highest BCUT2D eigenvalue weighted by molar-refractivity contribution is 5.90. The van der Waals surface area contributed by atoms with Gasteiger partial charge in [-0.1, -0.05) is 64.1 Å². The quantitative estimate of drug-likeness (QED) is 0.379. The molecule has 0 saturated heterocycles. The Morgan fingerprint density at radius 2 is 0.786 bits per heavy atom. The van der Waals surface area contributed by atoms with Crippen molar-refractivity contribution in [1.82, 2.24) is 0 Å². The first kappa shape index (κ1) is 27.0. The Morgan fingerprint density at radius 3 is 1.10 bits per heavy atom. The highest BCUT2D eigenvalue weighted by Crippen LogP contribution is 2.85. The lowest BCUT2D eigenvalue weighted by Crippen LogP contribution is -2.71. The molecule has 2 aromatic carbocycles. The molecule has 0 amide bonds. The van der Waals surface area contributed by atoms with Crippen LogP contribution in [0.2, 0.25) is 0 Å². The number of carboxylic acids is 2. The van der Waals surface area contributed by atoms with E-state index in [1.807, 2.05) is 24.3 Å². The van der Waals surface area contributed by atoms with Crippen molar-refractivity contribution in [2.75, 3.05) is 0 Å². The molecule has 4 nitrogen and oxygen atoms in total. The van der Waals surface area contributed by atoms with E-state index >= 15 is 0 Å². The van der Waals surface area contributed by atoms with Crippen molar-refractivity contribution >= 4 is 11.9 Å². The zero-order valence-corrected chi connectivity index (χ0v) is 25.8. The molecule has 2 aromatic rings. The van der Waals surface area contributed by atoms with E-state index in [2.05, 4.69) is 52.0 Å². The van der Waals surface area contributed by atoms with Crippen LogP contribution in [0.5, 0.6) is 0 Å². The summed E-state index contributed by atoms with van der Waals surface area (Å²) in [7, 11) is 0. The molecule has 8 bridgehead atoms. The fourth-order valence-electron chi connectivity index (χ4n) is 15.4. The van der Waals surface area contributed by atoms with E-state index < -0.39 is 11.9 Å². The van der Waals surface area contributed by atoms with E-state index in [0.717, 1.165) is 49.7 Å². The maximum Gasteiger partial charge on any atom is 0.335 e. The van der Waals surface area contributed by atoms with E-state index in [1.54, 1.807) is 0 Å². The Labute approximate surface area is 250 Å². The summed E-state index contributed by atoms with van der Waals surface area (Å²) in [5.41, 5.74) is 3.91. The molecule has 8 saturated carbocycles. The highest BCUT2D eigenvalue weighted by atomic mass is 16.4. The topological polar surface area (TPSA) is 74.6 Å². The zero-order valence-electron chi connectivity index (χ0n) is 25.8. The fraction of sp³-hybridized carbons (Fsp3) is 0.632. The van der Waals surface area contributed by atoms with Gasteiger partial charge in [-0.15, -0.1) is 0 Å². The van der Waals surface area contributed by atoms with Crippen LogP contribution in [0, 0.1) is 32.5 Å². The van der Waals surface area contributed by atoms with Gasteiger partial charge in [-0.2, -0.15) is 0 Å². The van der Waals surface area contributed by atoms with Crippen LogP contribution < -0.4 is 0 Å². The molecule has 8 aliphatic rings. The first-order chi connectivity index (χ1) is 19.6. The summed E-state index contributed by atoms with van der Waals surface area (Å²) in [5, 5.41) is 20.7. The molecule has 0 aliphatic heterocycles. The van der Waals surface area contributed by atoms with Crippen LogP contribution in [0.25, 0.3) is 0 Å². The van der Waals surface area contributed by atoms with Gasteiger partial charge < -0.3 is 10.2 Å². The van der Waals surface area contributed by atoms with Crippen molar-refractivity contribution in [2.24, 2.45) is 32.5 Å². The Morgan fingerprint density at radius 1 is 0.476 bits per heavy atom. The van der Waals surface area contributed by atoms with E-state index in [9.17, 15) is 19.8 Å². The molecule has 8 aliphatic carbocycles. The number of carbonyl (C=O) groups is 2. The molecular formula is C38H46O4. The molecule has 0 radical (unpaired) electrons. The molecule has 4 heteroatoms. The smallest absolute Gasteiger partial charge is 0.335 e. The van der Waals surface area contributed by atoms with Gasteiger partial charge in [-0.05, 0) is 144 Å². The third-order valence-corrected chi connectivity index (χ3v) is 13.8. The van der Waals surface area contributed by atoms with Crippen LogP contribution in [0.3, 0.4) is 0 Å². The van der Waals surface area contributed by atoms with E-state index in [-0.39, 0.29) is 43.3 Å². The van der Waals surface area contributed by atoms with Gasteiger partial charge in [0.25, 0.3) is 0 Å². The Bertz CT molecular complexity index is 1400. The van der Waals surface area contributed by atoms with E-state index in [1.165, 1.54) is 38.5 Å². The molecule has 0 spiro atoms. The molecular weight excluding hydrogens is 520 g/mol. The number of hydrogen-bond donors (Lipinski definition) is 2. The highest BCUT2D eigenvalue weighted by Gasteiger charge is 2.76. The molecule has 4 unspecified atom stereocenters. The Kier molecular flexibility index (Phi) is 4.95. The van der Waals surface area contributed by atoms with Crippen molar-refractivity contribution in [3.05, 3.63) is 70.8 Å². The normalized spacial score (nSPS) is 48.0. The lowest BCUT2D eigenvalue weighted by atomic mass is 9.24. The molecule has 2 N–H and O–H groups in total. The lowest BCUT2D eigenvalue weighted by Gasteiger charge is -2.80. The summed E-state index contributed by atoms with van der Waals surface area (Å²) in [6.45, 7) is 10.1. The van der Waals surface area contributed by atoms with Crippen molar-refractivity contribution in [2.45, 2.75) is 116 Å². The summed E-state index contributed by atoms with van der Waals surface area (Å²) in [5.74, 6) is -1.60. The van der Waals surface area contributed by atoms with E-state index in [0.29, 0.717) is 11.1 Å². The number of aromatic carboxylic acids is 2. The van der Waals surface area contributed by atoms with Gasteiger partial charge in [0.15, 0.2) is 0 Å². The average molecular weight is 567 g/mol. The van der Waals surface area contributed by atoms with E-state index in [4.69, 9.17) is 0 Å². The molecule has 4 atom stereocenters. The second kappa shape index (κ2) is 7.71. The van der Waals surface area contributed by atoms with Crippen LogP contribution in [0.1, 0.15) is 137 Å². The summed E-state index contributed by atoms with van der Waals surface area (Å²) >= 11 is 0. The van der Waals surface area contributed by atoms with Crippen molar-refractivity contribution in [1.29, 1.82) is 0 Å². The van der Waals surface area contributed by atoms with Gasteiger partial charge in [0.1, 0.15) is 0 Å². The van der Waals surface area contributed by atoms with Crippen LogP contribution in [0.15, 0.2) is 48.5 Å². The first-order valence-corrected chi connectivity index (χ1v) is 16.2. The predicted octanol–water partition coefficient (Wildman–Crippen LogP) is 9.02. The van der Waals surface area contributed by atoms with Gasteiger partial charge in [-0.25, -0.2) is 9.59 Å². The largest absolute Gasteiger partial charge is 0.478 e. The maximum absolute atomic E-state index is 12.6. The minimum absolute atomic E-state index is 0.121. The van der Waals surface area contributed by atoms with Crippen molar-refractivity contribution in [3.8, 4) is 0 Å². The Hall–Kier alpha value is -2.62. The molecule has 10 rings (SSSR count). The molecule has 0 aromatic heterocycles. The van der Waals surface area contributed by atoms with Gasteiger partial charge in [0.05, 0.1) is 11.1 Å². The van der Waals surface area contributed by atoms with Crippen LogP contribution in [0.4, 0.5) is 0 Å². The van der Waals surface area contributed by atoms with Crippen molar-refractivity contribution in [3.63, 3.8) is 0 Å². The second-order valence-electron chi connectivity index (χ2n) is 18.2. The second-order valence-corrected chi connectivity index (χ2v) is 18.2. The summed E-state index contributed by atoms with van der Waals surface area (Å²) in [4.78, 5) is 25.2. The fourth-order valence-corrected chi connectivity index (χ4v) is 15.4. The monoisotopic (exact) mass is 566 g/mol. The maximum atomic E-state index is 12.6. The number of rotatable bonds is 5. The molecule has 42 heavy (non-hydrogen) atoms. The summed E-state index contributed by atoms with van der Waals surface area (Å²) in [6, 6.07) is 15.8. The van der Waals surface area contributed by atoms with Gasteiger partial charge in [0.2, 0.25) is 0 Å². The molecule has 0 heterocycles. The third kappa shape index (κ3) is 3.41. The number of hydrogen-bond acceptors (Lipinski definition) is 2. The predicted molar refractivity (Wildman–Crippen MR) is 163 cm³/mol. The molecule has 222 valence electrons. The van der Waals surface area contributed by atoms with Gasteiger partial charge in [0, 0.05) is 0 Å². The first-order valence-electron chi connectivity index (χ1n) is 16.2. The number of benzene rings is 2. The molecule has 8 fully saturated rings. The zero-order chi connectivity index (χ0) is 29.6.